The first-order valence-corrected chi connectivity index (χ1v) is 28.0. The van der Waals surface area contributed by atoms with Crippen LogP contribution in [-0.4, -0.2) is 18.7 Å². The van der Waals surface area contributed by atoms with E-state index in [0.29, 0.717) is 22.9 Å². The van der Waals surface area contributed by atoms with Crippen molar-refractivity contribution < 1.29 is 28.2 Å². The number of imidazole rings is 1. The Labute approximate surface area is 472 Å². The molecule has 1 atom stereocenters. The minimum Gasteiger partial charge on any atom is -0.238 e. The minimum absolute atomic E-state index is 0.0311. The first kappa shape index (κ1) is 46.0. The van der Waals surface area contributed by atoms with Crippen molar-refractivity contribution in [3.05, 3.63) is 250 Å². The molecule has 386 valence electrons. The second kappa shape index (κ2) is 19.4. The van der Waals surface area contributed by atoms with Crippen LogP contribution in [0.15, 0.2) is 206 Å². The summed E-state index contributed by atoms with van der Waals surface area (Å²) in [5.41, 5.74) is 18.3. The van der Waals surface area contributed by atoms with Crippen LogP contribution >= 0.6 is 0 Å². The third-order valence-corrected chi connectivity index (χ3v) is 16.7. The number of fused-ring (bicyclic) bond motifs is 5. The summed E-state index contributed by atoms with van der Waals surface area (Å²) < 4.78 is 41.1. The van der Waals surface area contributed by atoms with Gasteiger partial charge in [0.15, 0.2) is 0 Å². The van der Waals surface area contributed by atoms with E-state index in [9.17, 15) is 0 Å². The maximum absolute atomic E-state index is 8.70. The monoisotopic (exact) mass is 1190 g/mol. The van der Waals surface area contributed by atoms with Crippen molar-refractivity contribution >= 4 is 32.8 Å². The van der Waals surface area contributed by atoms with Gasteiger partial charge in [0.2, 0.25) is 0 Å². The Hall–Kier alpha value is -8.11. The molecule has 1 aliphatic rings. The molecule has 12 aromatic rings. The predicted molar refractivity (Wildman–Crippen MR) is 318 cm³/mol. The number of aromatic nitrogens is 4. The van der Waals surface area contributed by atoms with Gasteiger partial charge in [-0.1, -0.05) is 72.8 Å². The minimum atomic E-state index is -2.41. The van der Waals surface area contributed by atoms with Crippen LogP contribution in [0.1, 0.15) is 85.9 Å². The van der Waals surface area contributed by atoms with E-state index in [1.807, 2.05) is 65.2 Å². The number of rotatable bonds is 9. The van der Waals surface area contributed by atoms with E-state index in [0.717, 1.165) is 88.6 Å². The van der Waals surface area contributed by atoms with Crippen LogP contribution in [-0.2, 0) is 36.6 Å². The van der Waals surface area contributed by atoms with E-state index in [2.05, 4.69) is 216 Å². The summed E-state index contributed by atoms with van der Waals surface area (Å²) >= 11 is 2.57. The second-order valence-electron chi connectivity index (χ2n) is 22.7. The third kappa shape index (κ3) is 8.79. The van der Waals surface area contributed by atoms with Crippen molar-refractivity contribution in [1.82, 2.24) is 18.7 Å². The molecule has 6 heteroatoms. The van der Waals surface area contributed by atoms with Gasteiger partial charge in [-0.05, 0) is 41.2 Å². The van der Waals surface area contributed by atoms with Gasteiger partial charge in [-0.2, -0.15) is 0 Å². The molecule has 0 saturated carbocycles. The van der Waals surface area contributed by atoms with Gasteiger partial charge in [0, 0.05) is 15.9 Å². The van der Waals surface area contributed by atoms with Crippen LogP contribution in [0.3, 0.4) is 0 Å². The fourth-order valence-corrected chi connectivity index (χ4v) is 12.7. The van der Waals surface area contributed by atoms with Gasteiger partial charge in [0.1, 0.15) is 0 Å². The molecule has 0 saturated heterocycles. The zero-order valence-corrected chi connectivity index (χ0v) is 46.9. The van der Waals surface area contributed by atoms with Crippen molar-refractivity contribution in [3.8, 4) is 67.5 Å². The first-order chi connectivity index (χ1) is 39.0. The zero-order valence-electron chi connectivity index (χ0n) is 47.6. The SMILES string of the molecule is [2H]C([2H])([2H])c1cc(-n2c3[c-]c(Oc4[c-]c5c(cc4)CCC5n4[c](=[Pt])n(-c5c(-c6ccccc6)cccc5-c5cc(C(C)(C)C)cc(C(C)(C)C)c5)c5ccccc54)ccc3c3cc(-c4ccccc4)ccc32)ncc1-c1ccccc1. The van der Waals surface area contributed by atoms with E-state index in [1.165, 1.54) is 27.8 Å². The topological polar surface area (TPSA) is 36.9 Å². The average Bonchev–Trinajstić information content (AvgIpc) is 3.33. The molecule has 78 heavy (non-hydrogen) atoms. The Morgan fingerprint density at radius 1 is 0.538 bits per heavy atom. The summed E-state index contributed by atoms with van der Waals surface area (Å²) in [6.07, 6.45) is 3.49. The molecule has 1 unspecified atom stereocenters. The number of pyridine rings is 1. The summed E-state index contributed by atoms with van der Waals surface area (Å²) in [6, 6.07) is 77.3. The molecule has 0 fully saturated rings. The van der Waals surface area contributed by atoms with Crippen molar-refractivity contribution in [3.63, 3.8) is 0 Å². The molecular formula is C72H60N4OPt-2. The van der Waals surface area contributed by atoms with E-state index in [1.54, 1.807) is 12.3 Å². The van der Waals surface area contributed by atoms with Crippen LogP contribution < -0.4 is 4.74 Å². The van der Waals surface area contributed by atoms with Gasteiger partial charge >= 0.3 is 341 Å². The van der Waals surface area contributed by atoms with Crippen LogP contribution in [0.5, 0.6) is 11.5 Å². The average molecular weight is 1200 g/mol. The molecule has 0 aliphatic heterocycles. The number of ether oxygens (including phenoxy) is 1. The van der Waals surface area contributed by atoms with Gasteiger partial charge in [-0.3, -0.25) is 0 Å². The van der Waals surface area contributed by atoms with E-state index in [4.69, 9.17) is 13.8 Å². The number of hydrogen-bond acceptors (Lipinski definition) is 2. The molecule has 9 aromatic carbocycles. The van der Waals surface area contributed by atoms with E-state index in [-0.39, 0.29) is 22.4 Å². The second-order valence-corrected chi connectivity index (χ2v) is 23.7. The summed E-state index contributed by atoms with van der Waals surface area (Å²) in [5, 5.41) is 1.93. The number of nitrogens with zero attached hydrogens (tertiary/aromatic N) is 4. The molecular weight excluding hydrogens is 1130 g/mol. The summed E-state index contributed by atoms with van der Waals surface area (Å²) in [7, 11) is 0. The fourth-order valence-electron chi connectivity index (χ4n) is 11.5. The fraction of sp³-hybridized carbons (Fsp3) is 0.167. The van der Waals surface area contributed by atoms with Gasteiger partial charge < -0.3 is 0 Å². The zero-order chi connectivity index (χ0) is 56.0. The van der Waals surface area contributed by atoms with E-state index >= 15 is 0 Å². The quantitative estimate of drug-likeness (QED) is 0.135. The molecule has 3 heterocycles. The molecule has 0 bridgehead atoms. The normalized spacial score (nSPS) is 14.4. The van der Waals surface area contributed by atoms with Crippen LogP contribution in [0.4, 0.5) is 0 Å². The molecule has 0 N–H and O–H groups in total. The summed E-state index contributed by atoms with van der Waals surface area (Å²) in [5.74, 6) is 1.57. The van der Waals surface area contributed by atoms with Crippen molar-refractivity contribution in [2.24, 2.45) is 0 Å². The summed E-state index contributed by atoms with van der Waals surface area (Å²) in [6.45, 7) is 11.4. The van der Waals surface area contributed by atoms with Gasteiger partial charge in [-0.15, -0.1) is 0 Å². The van der Waals surface area contributed by atoms with Crippen LogP contribution in [0.25, 0.3) is 88.9 Å². The van der Waals surface area contributed by atoms with Gasteiger partial charge in [-0.25, -0.2) is 4.98 Å². The molecule has 1 aliphatic carbocycles. The summed E-state index contributed by atoms with van der Waals surface area (Å²) in [4.78, 5) is 5.00. The number of aryl methyl sites for hydroxylation is 2. The Morgan fingerprint density at radius 2 is 1.15 bits per heavy atom. The predicted octanol–water partition coefficient (Wildman–Crippen LogP) is 18.5. The Morgan fingerprint density at radius 3 is 1.83 bits per heavy atom. The number of hydrogen-bond donors (Lipinski definition) is 0. The van der Waals surface area contributed by atoms with Crippen LogP contribution in [0.2, 0.25) is 0 Å². The molecule has 0 radical (unpaired) electrons. The third-order valence-electron chi connectivity index (χ3n) is 15.6. The van der Waals surface area contributed by atoms with Crippen LogP contribution in [0, 0.1) is 22.8 Å². The Kier molecular flexibility index (Phi) is 11.5. The maximum atomic E-state index is 8.70. The van der Waals surface area contributed by atoms with Gasteiger partial charge in [0.25, 0.3) is 0 Å². The van der Waals surface area contributed by atoms with E-state index < -0.39 is 6.85 Å². The standard InChI is InChI=1S/C72H60N4O.Pt/c1-47-38-69(73-45-63(47)50-24-15-10-16-25-50)76-65-37-32-52(48-20-11-8-12-21-48)41-62(65)60-35-34-57(44-68(60)76)77-56-33-30-51-31-36-64(61(51)43-56)74-46-75(67-29-18-17-28-66(67)74)70-58(49-22-13-9-14-23-49)26-19-27-59(70)53-39-54(71(2,3)4)42-55(40-53)72(5,6)7;/h8-30,32-35,37-42,45,64H,31,36H2,1-7H3;/q-2;/i1D3;. The van der Waals surface area contributed by atoms with Crippen molar-refractivity contribution in [1.29, 1.82) is 0 Å². The molecule has 5 nitrogen and oxygen atoms in total. The van der Waals surface area contributed by atoms with Gasteiger partial charge in [0.05, 0.1) is 0 Å². The molecule has 0 amide bonds. The Balaban J connectivity index is 0.937. The molecule has 13 rings (SSSR count). The molecule has 0 spiro atoms. The van der Waals surface area contributed by atoms with Crippen molar-refractivity contribution in [2.45, 2.75) is 78.1 Å². The molecule has 3 aromatic heterocycles. The first-order valence-electron chi connectivity index (χ1n) is 28.4. The number of para-hydroxylation sites is 3. The Bertz CT molecular complexity index is 4430. The smallest absolute Gasteiger partial charge is 0.238 e. The van der Waals surface area contributed by atoms with Crippen molar-refractivity contribution in [2.75, 3.05) is 0 Å². The number of benzene rings is 9.